The number of carboxylic acid groups (broad SMARTS) is 1. The Hall–Kier alpha value is -2.17. The Morgan fingerprint density at radius 2 is 1.95 bits per heavy atom. The molecule has 1 fully saturated rings. The van der Waals surface area contributed by atoms with Crippen LogP contribution in [0.4, 0.5) is 0 Å². The van der Waals surface area contributed by atoms with Crippen LogP contribution in [0.15, 0.2) is 30.3 Å². The quantitative estimate of drug-likeness (QED) is 0.841. The summed E-state index contributed by atoms with van der Waals surface area (Å²) >= 11 is 0. The van der Waals surface area contributed by atoms with Crippen LogP contribution < -0.4 is 0 Å². The Kier molecular flexibility index (Phi) is 4.11. The van der Waals surface area contributed by atoms with Crippen molar-refractivity contribution in [3.63, 3.8) is 0 Å². The average molecular weight is 289 g/mol. The molecule has 1 aliphatic rings. The molecule has 0 aliphatic carbocycles. The van der Waals surface area contributed by atoms with Crippen LogP contribution in [-0.2, 0) is 19.8 Å². The lowest BCUT2D eigenvalue weighted by molar-refractivity contribution is -0.145. The number of imide groups is 1. The summed E-state index contributed by atoms with van der Waals surface area (Å²) in [6.45, 7) is 3.53. The fourth-order valence-electron chi connectivity index (χ4n) is 2.86. The van der Waals surface area contributed by atoms with Crippen LogP contribution in [-0.4, -0.2) is 33.8 Å². The molecule has 1 aromatic rings. The normalized spacial score (nSPS) is 23.4. The van der Waals surface area contributed by atoms with E-state index in [4.69, 9.17) is 5.11 Å². The molecule has 1 N–H and O–H groups in total. The Balaban J connectivity index is 2.34. The predicted molar refractivity (Wildman–Crippen MR) is 76.6 cm³/mol. The molecule has 1 saturated heterocycles. The van der Waals surface area contributed by atoms with Crippen molar-refractivity contribution in [1.82, 2.24) is 4.90 Å². The molecular formula is C16H19NO4. The largest absolute Gasteiger partial charge is 0.481 e. The van der Waals surface area contributed by atoms with Gasteiger partial charge in [-0.3, -0.25) is 19.3 Å². The molecule has 5 nitrogen and oxygen atoms in total. The van der Waals surface area contributed by atoms with E-state index in [0.717, 1.165) is 10.5 Å². The summed E-state index contributed by atoms with van der Waals surface area (Å²) in [6, 6.07) is 8.59. The van der Waals surface area contributed by atoms with Gasteiger partial charge in [-0.25, -0.2) is 0 Å². The highest BCUT2D eigenvalue weighted by Crippen LogP contribution is 2.37. The van der Waals surface area contributed by atoms with Gasteiger partial charge in [-0.15, -0.1) is 0 Å². The third-order valence-electron chi connectivity index (χ3n) is 4.12. The molecule has 0 aromatic heterocycles. The molecule has 5 heteroatoms. The maximum atomic E-state index is 12.7. The number of nitrogens with zero attached hydrogens (tertiary/aromatic N) is 1. The smallest absolute Gasteiger partial charge is 0.305 e. The van der Waals surface area contributed by atoms with E-state index in [1.807, 2.05) is 30.3 Å². The van der Waals surface area contributed by atoms with Gasteiger partial charge in [-0.1, -0.05) is 37.3 Å². The molecule has 2 unspecified atom stereocenters. The Morgan fingerprint density at radius 1 is 1.33 bits per heavy atom. The number of hydrogen-bond donors (Lipinski definition) is 1. The van der Waals surface area contributed by atoms with E-state index in [9.17, 15) is 14.4 Å². The zero-order valence-electron chi connectivity index (χ0n) is 12.2. The van der Waals surface area contributed by atoms with E-state index < -0.39 is 17.4 Å². The lowest BCUT2D eigenvalue weighted by Crippen LogP contribution is -2.44. The van der Waals surface area contributed by atoms with Crippen molar-refractivity contribution >= 4 is 17.8 Å². The van der Waals surface area contributed by atoms with Crippen molar-refractivity contribution in [2.45, 2.75) is 44.6 Å². The average Bonchev–Trinajstić information content (AvgIpc) is 2.68. The summed E-state index contributed by atoms with van der Waals surface area (Å²) in [7, 11) is 0. The van der Waals surface area contributed by atoms with E-state index in [-0.39, 0.29) is 24.7 Å². The molecule has 1 heterocycles. The first-order valence-corrected chi connectivity index (χ1v) is 7.04. The van der Waals surface area contributed by atoms with E-state index in [1.54, 1.807) is 13.8 Å². The summed E-state index contributed by atoms with van der Waals surface area (Å²) in [4.78, 5) is 37.1. The highest BCUT2D eigenvalue weighted by molar-refractivity contribution is 6.09. The number of rotatable bonds is 5. The van der Waals surface area contributed by atoms with Crippen LogP contribution in [0.1, 0.15) is 38.7 Å². The van der Waals surface area contributed by atoms with Crippen molar-refractivity contribution in [3.8, 4) is 0 Å². The molecule has 0 spiro atoms. The summed E-state index contributed by atoms with van der Waals surface area (Å²) in [5.41, 5.74) is -0.111. The number of aliphatic carboxylic acids is 1. The fraction of sp³-hybridized carbons (Fsp3) is 0.438. The zero-order chi connectivity index (χ0) is 15.6. The van der Waals surface area contributed by atoms with Crippen molar-refractivity contribution in [3.05, 3.63) is 35.9 Å². The summed E-state index contributed by atoms with van der Waals surface area (Å²) < 4.78 is 0. The van der Waals surface area contributed by atoms with Crippen LogP contribution in [0.5, 0.6) is 0 Å². The van der Waals surface area contributed by atoms with Crippen LogP contribution in [0.25, 0.3) is 0 Å². The lowest BCUT2D eigenvalue weighted by atomic mass is 9.81. The molecule has 0 bridgehead atoms. The number of hydrogen-bond acceptors (Lipinski definition) is 3. The molecule has 112 valence electrons. The van der Waals surface area contributed by atoms with E-state index in [0.29, 0.717) is 6.42 Å². The Morgan fingerprint density at radius 3 is 2.48 bits per heavy atom. The van der Waals surface area contributed by atoms with Gasteiger partial charge in [0.05, 0.1) is 11.8 Å². The number of amides is 2. The number of carbonyl (C=O) groups is 3. The molecule has 21 heavy (non-hydrogen) atoms. The number of carbonyl (C=O) groups excluding carboxylic acids is 2. The van der Waals surface area contributed by atoms with Gasteiger partial charge in [0.25, 0.3) is 0 Å². The van der Waals surface area contributed by atoms with E-state index in [2.05, 4.69) is 0 Å². The standard InChI is InChI=1S/C16H19NO4/c1-3-12(9-14(19)20)17-13(18)10-16(2,15(17)21)11-7-5-4-6-8-11/h4-8,12H,3,9-10H2,1-2H3,(H,19,20). The second kappa shape index (κ2) is 5.68. The van der Waals surface area contributed by atoms with Crippen LogP contribution in [0.3, 0.4) is 0 Å². The van der Waals surface area contributed by atoms with Crippen LogP contribution >= 0.6 is 0 Å². The Labute approximate surface area is 123 Å². The molecule has 0 radical (unpaired) electrons. The first kappa shape index (κ1) is 15.2. The van der Waals surface area contributed by atoms with Crippen molar-refractivity contribution in [2.24, 2.45) is 0 Å². The van der Waals surface area contributed by atoms with Crippen LogP contribution in [0, 0.1) is 0 Å². The molecule has 2 amide bonds. The van der Waals surface area contributed by atoms with Crippen molar-refractivity contribution in [1.29, 1.82) is 0 Å². The predicted octanol–water partition coefficient (Wildman–Crippen LogP) is 1.96. The molecule has 2 atom stereocenters. The van der Waals surface area contributed by atoms with Crippen LogP contribution in [0.2, 0.25) is 0 Å². The second-order valence-corrected chi connectivity index (χ2v) is 5.60. The molecule has 2 rings (SSSR count). The minimum absolute atomic E-state index is 0.0893. The van der Waals surface area contributed by atoms with Gasteiger partial charge in [-0.05, 0) is 18.9 Å². The van der Waals surface area contributed by atoms with Gasteiger partial charge in [0, 0.05) is 12.5 Å². The van der Waals surface area contributed by atoms with Gasteiger partial charge in [-0.2, -0.15) is 0 Å². The Bertz CT molecular complexity index is 569. The third kappa shape index (κ3) is 2.68. The maximum absolute atomic E-state index is 12.7. The molecule has 1 aliphatic heterocycles. The third-order valence-corrected chi connectivity index (χ3v) is 4.12. The first-order chi connectivity index (χ1) is 9.90. The van der Waals surface area contributed by atoms with Gasteiger partial charge in [0.2, 0.25) is 11.8 Å². The van der Waals surface area contributed by atoms with Gasteiger partial charge < -0.3 is 5.11 Å². The minimum atomic E-state index is -1.00. The number of benzene rings is 1. The molecular weight excluding hydrogens is 270 g/mol. The van der Waals surface area contributed by atoms with Gasteiger partial charge in [0.1, 0.15) is 0 Å². The zero-order valence-corrected chi connectivity index (χ0v) is 12.2. The summed E-state index contributed by atoms with van der Waals surface area (Å²) in [5, 5.41) is 8.95. The highest BCUT2D eigenvalue weighted by Gasteiger charge is 2.51. The summed E-state index contributed by atoms with van der Waals surface area (Å²) in [6.07, 6.45) is 0.319. The first-order valence-electron chi connectivity index (χ1n) is 7.04. The van der Waals surface area contributed by atoms with Gasteiger partial charge >= 0.3 is 5.97 Å². The van der Waals surface area contributed by atoms with Crippen molar-refractivity contribution in [2.75, 3.05) is 0 Å². The number of carboxylic acids is 1. The molecule has 1 aromatic carbocycles. The monoisotopic (exact) mass is 289 g/mol. The molecule has 0 saturated carbocycles. The van der Waals surface area contributed by atoms with Crippen molar-refractivity contribution < 1.29 is 19.5 Å². The van der Waals surface area contributed by atoms with E-state index in [1.165, 1.54) is 0 Å². The SMILES string of the molecule is CCC(CC(=O)O)N1C(=O)CC(C)(c2ccccc2)C1=O. The van der Waals surface area contributed by atoms with E-state index >= 15 is 0 Å². The summed E-state index contributed by atoms with van der Waals surface area (Å²) in [5.74, 6) is -1.60. The highest BCUT2D eigenvalue weighted by atomic mass is 16.4. The second-order valence-electron chi connectivity index (χ2n) is 5.60. The van der Waals surface area contributed by atoms with Gasteiger partial charge in [0.15, 0.2) is 0 Å². The maximum Gasteiger partial charge on any atom is 0.305 e. The number of likely N-dealkylation sites (tertiary alicyclic amines) is 1. The topological polar surface area (TPSA) is 74.7 Å². The fourth-order valence-corrected chi connectivity index (χ4v) is 2.86. The lowest BCUT2D eigenvalue weighted by Gasteiger charge is -2.27. The minimum Gasteiger partial charge on any atom is -0.481 e.